The molecule has 2 aromatic carbocycles. The highest BCUT2D eigenvalue weighted by atomic mass is 19.4. The Labute approximate surface area is 155 Å². The summed E-state index contributed by atoms with van der Waals surface area (Å²) in [6, 6.07) is 15.4. The Balaban J connectivity index is 1.71. The molecule has 4 rings (SSSR count). The van der Waals surface area contributed by atoms with Crippen LogP contribution < -0.4 is 15.1 Å². The number of para-hydroxylation sites is 3. The molecule has 27 heavy (non-hydrogen) atoms. The number of fused-ring (bicyclic) bond motifs is 5. The lowest BCUT2D eigenvalue weighted by atomic mass is 9.90. The van der Waals surface area contributed by atoms with E-state index in [1.165, 1.54) is 0 Å². The zero-order valence-corrected chi connectivity index (χ0v) is 14.8. The van der Waals surface area contributed by atoms with Crippen LogP contribution in [0.25, 0.3) is 0 Å². The molecule has 1 saturated heterocycles. The summed E-state index contributed by atoms with van der Waals surface area (Å²) in [6.07, 6.45) is -3.95. The normalized spacial score (nSPS) is 21.6. The van der Waals surface area contributed by atoms with Gasteiger partial charge in [0.25, 0.3) is 0 Å². The van der Waals surface area contributed by atoms with Crippen LogP contribution in [0.3, 0.4) is 0 Å². The van der Waals surface area contributed by atoms with Crippen LogP contribution in [0.5, 0.6) is 0 Å². The van der Waals surface area contributed by atoms with Crippen LogP contribution in [-0.2, 0) is 4.79 Å². The number of hydrogen-bond acceptors (Lipinski definition) is 3. The maximum atomic E-state index is 12.7. The van der Waals surface area contributed by atoms with Gasteiger partial charge in [0.2, 0.25) is 0 Å². The Morgan fingerprint density at radius 3 is 2.37 bits per heavy atom. The maximum Gasteiger partial charge on any atom is 0.471 e. The van der Waals surface area contributed by atoms with E-state index in [2.05, 4.69) is 15.1 Å². The zero-order chi connectivity index (χ0) is 19.2. The second-order valence-electron chi connectivity index (χ2n) is 7.01. The fourth-order valence-electron chi connectivity index (χ4n) is 4.14. The smallest absolute Gasteiger partial charge is 0.363 e. The van der Waals surface area contributed by atoms with Crippen LogP contribution >= 0.6 is 0 Å². The molecule has 2 heterocycles. The molecule has 0 spiro atoms. The van der Waals surface area contributed by atoms with Crippen molar-refractivity contribution in [3.05, 3.63) is 54.1 Å². The third kappa shape index (κ3) is 3.11. The molecule has 1 N–H and O–H groups in total. The number of carbonyl (C=O) groups excluding carboxylic acids is 1. The van der Waals surface area contributed by atoms with Gasteiger partial charge < -0.3 is 15.1 Å². The van der Waals surface area contributed by atoms with Gasteiger partial charge in [-0.15, -0.1) is 0 Å². The Morgan fingerprint density at radius 1 is 1.04 bits per heavy atom. The molecular weight excluding hydrogens is 355 g/mol. The van der Waals surface area contributed by atoms with Crippen LogP contribution in [0, 0.1) is 0 Å². The molecule has 7 heteroatoms. The van der Waals surface area contributed by atoms with E-state index in [9.17, 15) is 18.0 Å². The first kappa shape index (κ1) is 17.7. The molecule has 2 aromatic rings. The molecule has 1 fully saturated rings. The van der Waals surface area contributed by atoms with Crippen LogP contribution in [0.15, 0.2) is 48.5 Å². The van der Waals surface area contributed by atoms with Gasteiger partial charge in [-0.05, 0) is 36.6 Å². The summed E-state index contributed by atoms with van der Waals surface area (Å²) in [4.78, 5) is 15.8. The van der Waals surface area contributed by atoms with Crippen LogP contribution in [0.4, 0.5) is 30.2 Å². The van der Waals surface area contributed by atoms with Crippen molar-refractivity contribution < 1.29 is 18.0 Å². The lowest BCUT2D eigenvalue weighted by Gasteiger charge is -2.41. The molecule has 2 aliphatic rings. The average molecular weight is 375 g/mol. The number of rotatable bonds is 1. The second kappa shape index (κ2) is 6.48. The zero-order valence-electron chi connectivity index (χ0n) is 14.8. The van der Waals surface area contributed by atoms with E-state index in [0.29, 0.717) is 19.4 Å². The van der Waals surface area contributed by atoms with Gasteiger partial charge in [-0.3, -0.25) is 4.79 Å². The van der Waals surface area contributed by atoms with Gasteiger partial charge in [-0.2, -0.15) is 13.2 Å². The van der Waals surface area contributed by atoms with Crippen LogP contribution in [-0.4, -0.2) is 31.7 Å². The molecule has 0 saturated carbocycles. The highest BCUT2D eigenvalue weighted by molar-refractivity contribution is 5.83. The van der Waals surface area contributed by atoms with Crippen LogP contribution in [0.2, 0.25) is 0 Å². The summed E-state index contributed by atoms with van der Waals surface area (Å²) in [5, 5.41) is 2.17. The summed E-state index contributed by atoms with van der Waals surface area (Å²) in [5.74, 6) is -1.86. The van der Waals surface area contributed by atoms with E-state index in [4.69, 9.17) is 0 Å². The minimum atomic E-state index is -4.86. The average Bonchev–Trinajstić information content (AvgIpc) is 2.76. The van der Waals surface area contributed by atoms with Crippen molar-refractivity contribution in [2.75, 3.05) is 23.4 Å². The number of piperidine rings is 1. The Morgan fingerprint density at radius 2 is 1.67 bits per heavy atom. The maximum absolute atomic E-state index is 12.7. The first-order valence-corrected chi connectivity index (χ1v) is 8.92. The number of hydrogen-bond donors (Lipinski definition) is 1. The predicted octanol–water partition coefficient (Wildman–Crippen LogP) is 4.16. The van der Waals surface area contributed by atoms with Gasteiger partial charge in [0.05, 0.1) is 17.4 Å². The van der Waals surface area contributed by atoms with Crippen molar-refractivity contribution in [1.29, 1.82) is 0 Å². The Kier molecular flexibility index (Phi) is 4.25. The number of amides is 1. The minimum Gasteiger partial charge on any atom is -0.363 e. The summed E-state index contributed by atoms with van der Waals surface area (Å²) in [6.45, 7) is 0.576. The van der Waals surface area contributed by atoms with Gasteiger partial charge in [0.1, 0.15) is 0 Å². The highest BCUT2D eigenvalue weighted by Crippen LogP contribution is 2.47. The predicted molar refractivity (Wildman–Crippen MR) is 98.3 cm³/mol. The minimum absolute atomic E-state index is 0.0976. The number of alkyl halides is 3. The lowest BCUT2D eigenvalue weighted by Crippen LogP contribution is -2.49. The van der Waals surface area contributed by atoms with E-state index < -0.39 is 18.1 Å². The molecule has 142 valence electrons. The largest absolute Gasteiger partial charge is 0.471 e. The molecular formula is C20H20F3N3O. The number of anilines is 3. The molecule has 4 nitrogen and oxygen atoms in total. The van der Waals surface area contributed by atoms with Crippen molar-refractivity contribution in [3.8, 4) is 0 Å². The van der Waals surface area contributed by atoms with Crippen LogP contribution in [0.1, 0.15) is 24.4 Å². The van der Waals surface area contributed by atoms with Crippen molar-refractivity contribution in [2.24, 2.45) is 0 Å². The van der Waals surface area contributed by atoms with Gasteiger partial charge in [0, 0.05) is 25.3 Å². The third-order valence-corrected chi connectivity index (χ3v) is 5.40. The first-order valence-electron chi connectivity index (χ1n) is 8.92. The van der Waals surface area contributed by atoms with Gasteiger partial charge in [-0.1, -0.05) is 30.3 Å². The molecule has 2 aliphatic heterocycles. The quantitative estimate of drug-likeness (QED) is 0.813. The third-order valence-electron chi connectivity index (χ3n) is 5.40. The Bertz CT molecular complexity index is 868. The van der Waals surface area contributed by atoms with E-state index in [0.717, 1.165) is 22.6 Å². The number of nitrogens with one attached hydrogen (secondary N) is 1. The molecule has 0 aromatic heterocycles. The topological polar surface area (TPSA) is 35.6 Å². The van der Waals surface area contributed by atoms with Crippen molar-refractivity contribution in [2.45, 2.75) is 31.1 Å². The molecule has 2 atom stereocenters. The van der Waals surface area contributed by atoms with Crippen molar-refractivity contribution in [1.82, 2.24) is 5.32 Å². The Hall–Kier alpha value is -2.70. The monoisotopic (exact) mass is 375 g/mol. The lowest BCUT2D eigenvalue weighted by molar-refractivity contribution is -0.174. The van der Waals surface area contributed by atoms with Crippen molar-refractivity contribution >= 4 is 23.0 Å². The van der Waals surface area contributed by atoms with E-state index in [1.807, 2.05) is 55.6 Å². The number of benzene rings is 2. The molecule has 0 bridgehead atoms. The molecule has 0 aliphatic carbocycles. The first-order chi connectivity index (χ1) is 12.9. The van der Waals surface area contributed by atoms with Gasteiger partial charge >= 0.3 is 12.1 Å². The van der Waals surface area contributed by atoms with E-state index in [-0.39, 0.29) is 6.04 Å². The SMILES string of the molecule is CN1c2ccccc2[C@H]2C[C@H](NC(=O)C(F)(F)F)CCN2c2ccccc21. The fourth-order valence-corrected chi connectivity index (χ4v) is 4.14. The molecule has 0 radical (unpaired) electrons. The van der Waals surface area contributed by atoms with Crippen molar-refractivity contribution in [3.63, 3.8) is 0 Å². The number of carbonyl (C=O) groups is 1. The number of nitrogens with zero attached hydrogens (tertiary/aromatic N) is 2. The second-order valence-corrected chi connectivity index (χ2v) is 7.01. The highest BCUT2D eigenvalue weighted by Gasteiger charge is 2.42. The summed E-state index contributed by atoms with van der Waals surface area (Å²) in [7, 11) is 2.00. The molecule has 0 unspecified atom stereocenters. The standard InChI is InChI=1S/C20H20F3N3O/c1-25-15-7-3-2-6-14(15)18-12-13(24-19(27)20(21,22)23)10-11-26(18)17-9-5-4-8-16(17)25/h2-9,13,18H,10-12H2,1H3,(H,24,27)/t13-,18-/m1/s1. The van der Waals surface area contributed by atoms with Gasteiger partial charge in [-0.25, -0.2) is 0 Å². The summed E-state index contributed by atoms with van der Waals surface area (Å²) in [5.41, 5.74) is 4.20. The summed E-state index contributed by atoms with van der Waals surface area (Å²) >= 11 is 0. The van der Waals surface area contributed by atoms with E-state index in [1.54, 1.807) is 0 Å². The van der Waals surface area contributed by atoms with E-state index >= 15 is 0 Å². The van der Waals surface area contributed by atoms with Gasteiger partial charge in [0.15, 0.2) is 0 Å². The number of halogens is 3. The molecule has 1 amide bonds. The summed E-state index contributed by atoms with van der Waals surface area (Å²) < 4.78 is 38.0. The fraction of sp³-hybridized carbons (Fsp3) is 0.350.